The van der Waals surface area contributed by atoms with E-state index in [2.05, 4.69) is 65.8 Å². The Hall–Kier alpha value is 0.423. The summed E-state index contributed by atoms with van der Waals surface area (Å²) < 4.78 is 0.802. The quantitative estimate of drug-likeness (QED) is 0.620. The first-order valence-electron chi connectivity index (χ1n) is 7.43. The zero-order chi connectivity index (χ0) is 14.3. The maximum absolute atomic E-state index is 2.57. The molecule has 0 aromatic rings. The van der Waals surface area contributed by atoms with Crippen molar-refractivity contribution in [1.29, 1.82) is 0 Å². The molecule has 0 radical (unpaired) electrons. The number of halogens is 2. The van der Waals surface area contributed by atoms with Crippen LogP contribution in [0.4, 0.5) is 0 Å². The fraction of sp³-hybridized carbons (Fsp3) is 0.556. The molecule has 2 rings (SSSR count). The molecule has 0 N–H and O–H groups in total. The van der Waals surface area contributed by atoms with Gasteiger partial charge in [-0.25, -0.2) is 0 Å². The average molecular weight is 405 g/mol. The zero-order valence-electron chi connectivity index (χ0n) is 14.0. The summed E-state index contributed by atoms with van der Waals surface area (Å²) in [5, 5.41) is 0. The van der Waals surface area contributed by atoms with Gasteiger partial charge in [0.25, 0.3) is 0 Å². The van der Waals surface area contributed by atoms with Gasteiger partial charge in [0.15, 0.2) is 0 Å². The normalized spacial score (nSPS) is 30.4. The molecule has 2 aliphatic carbocycles. The van der Waals surface area contributed by atoms with Gasteiger partial charge in [-0.2, -0.15) is 0 Å². The van der Waals surface area contributed by atoms with Gasteiger partial charge in [0, 0.05) is 0 Å². The summed E-state index contributed by atoms with van der Waals surface area (Å²) in [4.78, 5) is 0. The minimum atomic E-state index is -0.628. The standard InChI is InChI=1S/2C9H13.2ClH.Zr/c2*1-4-9-5-7(2)8(3)6-9;;;/h2*5-6H,4H2,1-3H3;2*1H;/q;;;;+2/p-2. The van der Waals surface area contributed by atoms with Gasteiger partial charge in [0.05, 0.1) is 0 Å². The smallest absolute Gasteiger partial charge is 1.00 e. The van der Waals surface area contributed by atoms with Crippen LogP contribution in [0.2, 0.25) is 6.25 Å². The second kappa shape index (κ2) is 7.80. The molecule has 0 amide bonds. The Morgan fingerprint density at radius 2 is 1.14 bits per heavy atom. The summed E-state index contributed by atoms with van der Waals surface area (Å²) in [7, 11) is 0. The Kier molecular flexibility index (Phi) is 7.96. The number of hydrogen-bond donors (Lipinski definition) is 0. The summed E-state index contributed by atoms with van der Waals surface area (Å²) >= 11 is -0.628. The van der Waals surface area contributed by atoms with Crippen molar-refractivity contribution in [2.75, 3.05) is 0 Å². The molecule has 2 unspecified atom stereocenters. The largest absolute Gasteiger partial charge is 1.00 e. The molecule has 21 heavy (non-hydrogen) atoms. The van der Waals surface area contributed by atoms with E-state index in [1.807, 2.05) is 0 Å². The molecule has 2 aliphatic rings. The van der Waals surface area contributed by atoms with Crippen LogP contribution >= 0.6 is 0 Å². The third-order valence-electron chi connectivity index (χ3n) is 4.73. The SMILES string of the molecule is CCC1=C[C](C)([Zr+2][C]2(C)C=C(CC)C=C2C)C(C)=C1.[Cl-].[Cl-]. The van der Waals surface area contributed by atoms with Crippen molar-refractivity contribution in [3.05, 3.63) is 46.6 Å². The second-order valence-corrected chi connectivity index (χ2v) is 12.1. The third-order valence-corrected chi connectivity index (χ3v) is 9.93. The minimum absolute atomic E-state index is 0. The molecule has 0 aromatic heterocycles. The molecule has 0 heterocycles. The summed E-state index contributed by atoms with van der Waals surface area (Å²) in [5.74, 6) is 0. The van der Waals surface area contributed by atoms with Crippen LogP contribution in [0, 0.1) is 0 Å². The summed E-state index contributed by atoms with van der Waals surface area (Å²) in [6.45, 7) is 14.2. The first-order valence-corrected chi connectivity index (χ1v) is 9.89. The van der Waals surface area contributed by atoms with Crippen LogP contribution in [0.15, 0.2) is 46.6 Å². The third kappa shape index (κ3) is 4.24. The molecule has 0 aliphatic heterocycles. The van der Waals surface area contributed by atoms with Crippen LogP contribution in [0.3, 0.4) is 0 Å². The molecular formula is C18H26Cl2Zr. The fourth-order valence-electron chi connectivity index (χ4n) is 3.13. The van der Waals surface area contributed by atoms with E-state index in [0.717, 1.165) is 0 Å². The molecule has 116 valence electrons. The first-order chi connectivity index (χ1) is 8.83. The second-order valence-electron chi connectivity index (χ2n) is 6.33. The van der Waals surface area contributed by atoms with E-state index in [-0.39, 0.29) is 24.8 Å². The van der Waals surface area contributed by atoms with Crippen molar-refractivity contribution in [1.82, 2.24) is 0 Å². The van der Waals surface area contributed by atoms with E-state index in [1.165, 1.54) is 12.8 Å². The zero-order valence-corrected chi connectivity index (χ0v) is 17.9. The topological polar surface area (TPSA) is 0 Å². The van der Waals surface area contributed by atoms with Crippen molar-refractivity contribution < 1.29 is 48.0 Å². The van der Waals surface area contributed by atoms with Crippen molar-refractivity contribution >= 4 is 0 Å². The van der Waals surface area contributed by atoms with Gasteiger partial charge in [-0.3, -0.25) is 0 Å². The molecule has 0 bridgehead atoms. The minimum Gasteiger partial charge on any atom is -1.00 e. The number of hydrogen-bond acceptors (Lipinski definition) is 0. The Morgan fingerprint density at radius 3 is 1.38 bits per heavy atom. The number of rotatable bonds is 4. The summed E-state index contributed by atoms with van der Waals surface area (Å²) in [5.41, 5.74) is 6.29. The van der Waals surface area contributed by atoms with Crippen molar-refractivity contribution in [3.8, 4) is 0 Å². The Balaban J connectivity index is 0.00000200. The van der Waals surface area contributed by atoms with Crippen molar-refractivity contribution in [2.24, 2.45) is 0 Å². The first kappa shape index (κ1) is 21.4. The van der Waals surface area contributed by atoms with E-state index in [9.17, 15) is 0 Å². The van der Waals surface area contributed by atoms with Crippen LogP contribution in [-0.4, -0.2) is 0 Å². The van der Waals surface area contributed by atoms with E-state index in [1.54, 1.807) is 22.3 Å². The molecule has 0 saturated carbocycles. The van der Waals surface area contributed by atoms with E-state index < -0.39 is 23.2 Å². The molecule has 0 spiro atoms. The summed E-state index contributed by atoms with van der Waals surface area (Å²) in [6.07, 6.45) is 12.4. The van der Waals surface area contributed by atoms with Gasteiger partial charge in [0.1, 0.15) is 0 Å². The fourth-order valence-corrected chi connectivity index (χ4v) is 8.37. The van der Waals surface area contributed by atoms with E-state index >= 15 is 0 Å². The number of allylic oxidation sites excluding steroid dienone is 8. The predicted octanol–water partition coefficient (Wildman–Crippen LogP) is 0.0267. The Bertz CT molecular complexity index is 467. The molecular weight excluding hydrogens is 378 g/mol. The van der Waals surface area contributed by atoms with Gasteiger partial charge in [0.2, 0.25) is 0 Å². The van der Waals surface area contributed by atoms with Crippen LogP contribution in [0.5, 0.6) is 0 Å². The van der Waals surface area contributed by atoms with Gasteiger partial charge < -0.3 is 24.8 Å². The maximum atomic E-state index is 2.57. The van der Waals surface area contributed by atoms with Crippen LogP contribution in [0.1, 0.15) is 54.4 Å². The van der Waals surface area contributed by atoms with Crippen LogP contribution < -0.4 is 24.8 Å². The maximum Gasteiger partial charge on any atom is -1.00 e. The molecule has 0 aromatic carbocycles. The average Bonchev–Trinajstić information content (AvgIpc) is 2.78. The summed E-state index contributed by atoms with van der Waals surface area (Å²) in [6, 6.07) is 0. The van der Waals surface area contributed by atoms with Crippen LogP contribution in [-0.2, 0) is 23.2 Å². The molecule has 0 saturated heterocycles. The van der Waals surface area contributed by atoms with Gasteiger partial charge in [-0.05, 0) is 0 Å². The monoisotopic (exact) mass is 402 g/mol. The van der Waals surface area contributed by atoms with Gasteiger partial charge in [-0.1, -0.05) is 0 Å². The molecule has 0 nitrogen and oxygen atoms in total. The Labute approximate surface area is 154 Å². The Morgan fingerprint density at radius 1 is 0.810 bits per heavy atom. The van der Waals surface area contributed by atoms with Crippen LogP contribution in [0.25, 0.3) is 0 Å². The van der Waals surface area contributed by atoms with E-state index in [0.29, 0.717) is 6.25 Å². The van der Waals surface area contributed by atoms with Gasteiger partial charge in [-0.15, -0.1) is 0 Å². The van der Waals surface area contributed by atoms with Gasteiger partial charge >= 0.3 is 130 Å². The van der Waals surface area contributed by atoms with Crippen molar-refractivity contribution in [2.45, 2.75) is 60.6 Å². The molecule has 0 fully saturated rings. The van der Waals surface area contributed by atoms with E-state index in [4.69, 9.17) is 0 Å². The predicted molar refractivity (Wildman–Crippen MR) is 81.0 cm³/mol. The molecule has 3 heteroatoms. The van der Waals surface area contributed by atoms with Crippen molar-refractivity contribution in [3.63, 3.8) is 0 Å². The molecule has 2 atom stereocenters.